The number of fused-ring (bicyclic) bond motifs is 3. The van der Waals surface area contributed by atoms with Crippen LogP contribution < -0.4 is 4.74 Å². The first kappa shape index (κ1) is 16.2. The molecule has 0 bridgehead atoms. The molecule has 0 saturated carbocycles. The van der Waals surface area contributed by atoms with Crippen LogP contribution in [0.5, 0.6) is 5.75 Å². The van der Waals surface area contributed by atoms with Crippen molar-refractivity contribution in [2.24, 2.45) is 0 Å². The number of ketones is 1. The van der Waals surface area contributed by atoms with Crippen LogP contribution in [0.25, 0.3) is 11.1 Å². The molecule has 0 aromatic heterocycles. The van der Waals surface area contributed by atoms with E-state index < -0.39 is 11.6 Å². The van der Waals surface area contributed by atoms with Gasteiger partial charge < -0.3 is 4.74 Å². The molecule has 0 spiro atoms. The summed E-state index contributed by atoms with van der Waals surface area (Å²) in [5.41, 5.74) is 2.35. The summed E-state index contributed by atoms with van der Waals surface area (Å²) in [6, 6.07) is 10.3. The molecule has 0 saturated heterocycles. The first-order chi connectivity index (χ1) is 11.3. The van der Waals surface area contributed by atoms with E-state index in [9.17, 15) is 9.59 Å². The predicted molar refractivity (Wildman–Crippen MR) is 88.1 cm³/mol. The topological polar surface area (TPSA) is 61.8 Å². The number of carbonyl (C=O) groups is 2. The summed E-state index contributed by atoms with van der Waals surface area (Å²) in [4.78, 5) is 34.6. The lowest BCUT2D eigenvalue weighted by atomic mass is 10.0. The van der Waals surface area contributed by atoms with Gasteiger partial charge in [0.2, 0.25) is 0 Å². The van der Waals surface area contributed by atoms with E-state index in [1.54, 1.807) is 58.2 Å². The van der Waals surface area contributed by atoms with E-state index in [1.165, 1.54) is 0 Å². The van der Waals surface area contributed by atoms with Crippen molar-refractivity contribution in [2.45, 2.75) is 26.4 Å². The molecule has 0 heterocycles. The van der Waals surface area contributed by atoms with Gasteiger partial charge in [-0.3, -0.25) is 9.68 Å². The van der Waals surface area contributed by atoms with E-state index in [0.717, 1.165) is 11.1 Å². The summed E-state index contributed by atoms with van der Waals surface area (Å²) >= 11 is 0. The zero-order valence-corrected chi connectivity index (χ0v) is 14.0. The van der Waals surface area contributed by atoms with Crippen LogP contribution in [-0.4, -0.2) is 24.5 Å². The summed E-state index contributed by atoms with van der Waals surface area (Å²) < 4.78 is 5.17. The lowest BCUT2D eigenvalue weighted by molar-refractivity contribution is -0.301. The Morgan fingerprint density at radius 2 is 1.54 bits per heavy atom. The zero-order chi connectivity index (χ0) is 17.5. The van der Waals surface area contributed by atoms with E-state index in [0.29, 0.717) is 16.9 Å². The SMILES string of the molecule is COc1ccc2c(c1)C(=O)c1cc(C(=O)OOC(C)(C)C)ccc1-2. The molecule has 0 radical (unpaired) electrons. The Labute approximate surface area is 140 Å². The van der Waals surface area contributed by atoms with Gasteiger partial charge in [0.1, 0.15) is 11.4 Å². The molecule has 0 aliphatic heterocycles. The van der Waals surface area contributed by atoms with Gasteiger partial charge in [-0.15, -0.1) is 0 Å². The summed E-state index contributed by atoms with van der Waals surface area (Å²) in [5.74, 6) is -0.146. The second-order valence-corrected chi connectivity index (χ2v) is 6.57. The highest BCUT2D eigenvalue weighted by Crippen LogP contribution is 2.38. The lowest BCUT2D eigenvalue weighted by Crippen LogP contribution is -2.22. The maximum Gasteiger partial charge on any atom is 0.373 e. The normalized spacial score (nSPS) is 12.6. The molecule has 24 heavy (non-hydrogen) atoms. The average molecular weight is 326 g/mol. The molecule has 124 valence electrons. The Bertz CT molecular complexity index is 830. The Balaban J connectivity index is 1.91. The van der Waals surface area contributed by atoms with Crippen LogP contribution in [0.1, 0.15) is 47.1 Å². The largest absolute Gasteiger partial charge is 0.497 e. The van der Waals surface area contributed by atoms with E-state index in [-0.39, 0.29) is 11.3 Å². The molecule has 2 aromatic rings. The molecule has 0 fully saturated rings. The third kappa shape index (κ3) is 2.90. The minimum atomic E-state index is -0.630. The minimum Gasteiger partial charge on any atom is -0.497 e. The fourth-order valence-electron chi connectivity index (χ4n) is 2.52. The minimum absolute atomic E-state index is 0.134. The molecular formula is C19H18O5. The van der Waals surface area contributed by atoms with Crippen molar-refractivity contribution in [3.8, 4) is 16.9 Å². The number of hydrogen-bond donors (Lipinski definition) is 0. The van der Waals surface area contributed by atoms with Gasteiger partial charge in [-0.2, -0.15) is 4.89 Å². The molecule has 0 unspecified atom stereocenters. The second kappa shape index (κ2) is 5.76. The fourth-order valence-corrected chi connectivity index (χ4v) is 2.52. The highest BCUT2D eigenvalue weighted by atomic mass is 17.2. The monoisotopic (exact) mass is 326 g/mol. The molecule has 2 aromatic carbocycles. The first-order valence-electron chi connectivity index (χ1n) is 7.57. The van der Waals surface area contributed by atoms with Gasteiger partial charge in [-0.1, -0.05) is 6.07 Å². The van der Waals surface area contributed by atoms with Gasteiger partial charge in [0.05, 0.1) is 12.7 Å². The van der Waals surface area contributed by atoms with E-state index in [4.69, 9.17) is 14.5 Å². The van der Waals surface area contributed by atoms with Gasteiger partial charge >= 0.3 is 5.97 Å². The Morgan fingerprint density at radius 3 is 2.17 bits per heavy atom. The van der Waals surface area contributed by atoms with Gasteiger partial charge in [0.15, 0.2) is 5.78 Å². The number of ether oxygens (including phenoxy) is 1. The summed E-state index contributed by atoms with van der Waals surface area (Å²) in [7, 11) is 1.55. The molecule has 5 nitrogen and oxygen atoms in total. The zero-order valence-electron chi connectivity index (χ0n) is 14.0. The molecule has 5 heteroatoms. The van der Waals surface area contributed by atoms with Crippen molar-refractivity contribution in [1.82, 2.24) is 0 Å². The maximum atomic E-state index is 12.6. The average Bonchev–Trinajstić information content (AvgIpc) is 2.84. The predicted octanol–water partition coefficient (Wildman–Crippen LogP) is 3.79. The van der Waals surface area contributed by atoms with E-state index in [1.807, 2.05) is 6.07 Å². The Kier molecular flexibility index (Phi) is 3.89. The summed E-state index contributed by atoms with van der Waals surface area (Å²) in [6.07, 6.45) is 0. The van der Waals surface area contributed by atoms with Gasteiger partial charge in [0, 0.05) is 11.1 Å². The highest BCUT2D eigenvalue weighted by Gasteiger charge is 2.28. The lowest BCUT2D eigenvalue weighted by Gasteiger charge is -2.16. The van der Waals surface area contributed by atoms with Crippen LogP contribution in [0.3, 0.4) is 0 Å². The van der Waals surface area contributed by atoms with Gasteiger partial charge in [-0.05, 0) is 62.2 Å². The van der Waals surface area contributed by atoms with Crippen molar-refractivity contribution in [3.63, 3.8) is 0 Å². The van der Waals surface area contributed by atoms with Crippen LogP contribution in [-0.2, 0) is 9.78 Å². The van der Waals surface area contributed by atoms with Crippen LogP contribution in [0, 0.1) is 0 Å². The number of rotatable bonds is 3. The number of carbonyl (C=O) groups excluding carboxylic acids is 2. The van der Waals surface area contributed by atoms with Crippen molar-refractivity contribution in [2.75, 3.05) is 7.11 Å². The molecule has 3 rings (SSSR count). The van der Waals surface area contributed by atoms with Crippen LogP contribution >= 0.6 is 0 Å². The molecule has 0 amide bonds. The molecule has 1 aliphatic carbocycles. The first-order valence-corrected chi connectivity index (χ1v) is 7.57. The van der Waals surface area contributed by atoms with Gasteiger partial charge in [-0.25, -0.2) is 4.79 Å². The second-order valence-electron chi connectivity index (χ2n) is 6.57. The standard InChI is InChI=1S/C19H18O5/c1-19(2,3)24-23-18(21)11-5-7-13-14-8-6-12(22-4)10-16(14)17(20)15(13)9-11/h5-10H,1-4H3. The van der Waals surface area contributed by atoms with Crippen LogP contribution in [0.15, 0.2) is 36.4 Å². The highest BCUT2D eigenvalue weighted by molar-refractivity contribution is 6.22. The number of benzene rings is 2. The van der Waals surface area contributed by atoms with Crippen molar-refractivity contribution in [3.05, 3.63) is 53.1 Å². The Morgan fingerprint density at radius 1 is 0.917 bits per heavy atom. The molecular weight excluding hydrogens is 308 g/mol. The maximum absolute atomic E-state index is 12.6. The van der Waals surface area contributed by atoms with Crippen LogP contribution in [0.4, 0.5) is 0 Å². The van der Waals surface area contributed by atoms with Crippen LogP contribution in [0.2, 0.25) is 0 Å². The van der Waals surface area contributed by atoms with Gasteiger partial charge in [0.25, 0.3) is 0 Å². The number of methoxy groups -OCH3 is 1. The van der Waals surface area contributed by atoms with E-state index >= 15 is 0 Å². The van der Waals surface area contributed by atoms with Crippen molar-refractivity contribution >= 4 is 11.8 Å². The molecule has 1 aliphatic rings. The third-order valence-electron chi connectivity index (χ3n) is 3.63. The fraction of sp³-hybridized carbons (Fsp3) is 0.263. The van der Waals surface area contributed by atoms with Crippen molar-refractivity contribution < 1.29 is 24.1 Å². The number of hydrogen-bond acceptors (Lipinski definition) is 5. The smallest absolute Gasteiger partial charge is 0.373 e. The Hall–Kier alpha value is -2.66. The molecule has 0 atom stereocenters. The summed E-state index contributed by atoms with van der Waals surface area (Å²) in [6.45, 7) is 5.32. The third-order valence-corrected chi connectivity index (χ3v) is 3.63. The van der Waals surface area contributed by atoms with E-state index in [2.05, 4.69) is 0 Å². The molecule has 0 N–H and O–H groups in total. The van der Waals surface area contributed by atoms with Crippen molar-refractivity contribution in [1.29, 1.82) is 0 Å². The summed E-state index contributed by atoms with van der Waals surface area (Å²) in [5, 5.41) is 0. The quantitative estimate of drug-likeness (QED) is 0.541.